The van der Waals surface area contributed by atoms with Crippen molar-refractivity contribution >= 4 is 0 Å². The summed E-state index contributed by atoms with van der Waals surface area (Å²) in [6.45, 7) is 8.38. The van der Waals surface area contributed by atoms with Gasteiger partial charge in [0, 0.05) is 32.7 Å². The molecule has 1 aliphatic heterocycles. The zero-order chi connectivity index (χ0) is 10.7. The van der Waals surface area contributed by atoms with E-state index in [4.69, 9.17) is 0 Å². The first kappa shape index (κ1) is 10.9. The highest BCUT2D eigenvalue weighted by Crippen LogP contribution is 2.18. The number of hydrogen-bond donors (Lipinski definition) is 0. The Kier molecular flexibility index (Phi) is 3.60. The molecule has 2 nitrogen and oxygen atoms in total. The van der Waals surface area contributed by atoms with Gasteiger partial charge in [-0.3, -0.25) is 0 Å². The summed E-state index contributed by atoms with van der Waals surface area (Å²) in [4.78, 5) is 5.02. The van der Waals surface area contributed by atoms with Crippen molar-refractivity contribution in [1.29, 1.82) is 0 Å². The van der Waals surface area contributed by atoms with Gasteiger partial charge in [0.25, 0.3) is 0 Å². The maximum Gasteiger partial charge on any atom is 0.0110 e. The molecule has 0 N–H and O–H groups in total. The first-order chi connectivity index (χ1) is 7.24. The fourth-order valence-corrected chi connectivity index (χ4v) is 2.41. The summed E-state index contributed by atoms with van der Waals surface area (Å²) >= 11 is 0. The van der Waals surface area contributed by atoms with Gasteiger partial charge in [0.2, 0.25) is 0 Å². The zero-order valence-electron chi connectivity index (χ0n) is 9.95. The van der Waals surface area contributed by atoms with Crippen LogP contribution in [0.5, 0.6) is 0 Å². The second-order valence-corrected chi connectivity index (χ2v) is 4.91. The van der Waals surface area contributed by atoms with Crippen LogP contribution < -0.4 is 0 Å². The standard InChI is InChI=1S/C13H22N2/c1-12-4-3-5-13(10-12)11-15-8-6-14(2)7-9-15/h3-4,10,13H,5-9,11H2,1-2H3. The van der Waals surface area contributed by atoms with Crippen LogP contribution in [0.1, 0.15) is 13.3 Å². The molecule has 1 atom stereocenters. The van der Waals surface area contributed by atoms with Gasteiger partial charge in [-0.2, -0.15) is 0 Å². The van der Waals surface area contributed by atoms with Crippen LogP contribution in [0.15, 0.2) is 23.8 Å². The topological polar surface area (TPSA) is 6.48 Å². The summed E-state index contributed by atoms with van der Waals surface area (Å²) in [5.74, 6) is 0.749. The SMILES string of the molecule is CC1=CC(CN2CCN(C)CC2)CC=C1. The van der Waals surface area contributed by atoms with Gasteiger partial charge >= 0.3 is 0 Å². The molecule has 0 amide bonds. The maximum atomic E-state index is 2.60. The second kappa shape index (κ2) is 4.95. The Morgan fingerprint density at radius 3 is 2.67 bits per heavy atom. The van der Waals surface area contributed by atoms with E-state index < -0.39 is 0 Å². The van der Waals surface area contributed by atoms with E-state index in [9.17, 15) is 0 Å². The van der Waals surface area contributed by atoms with Crippen LogP contribution >= 0.6 is 0 Å². The quantitative estimate of drug-likeness (QED) is 0.679. The maximum absolute atomic E-state index is 2.60. The van der Waals surface area contributed by atoms with Gasteiger partial charge in [0.05, 0.1) is 0 Å². The smallest absolute Gasteiger partial charge is 0.0110 e. The lowest BCUT2D eigenvalue weighted by Gasteiger charge is -2.34. The molecule has 2 heteroatoms. The summed E-state index contributed by atoms with van der Waals surface area (Å²) in [7, 11) is 2.21. The van der Waals surface area contributed by atoms with E-state index in [0.717, 1.165) is 5.92 Å². The molecule has 0 aromatic rings. The first-order valence-corrected chi connectivity index (χ1v) is 6.00. The molecule has 0 bridgehead atoms. The lowest BCUT2D eigenvalue weighted by molar-refractivity contribution is 0.143. The Morgan fingerprint density at radius 2 is 2.00 bits per heavy atom. The predicted molar refractivity (Wildman–Crippen MR) is 64.9 cm³/mol. The molecule has 1 fully saturated rings. The molecule has 1 heterocycles. The number of allylic oxidation sites excluding steroid dienone is 3. The van der Waals surface area contributed by atoms with Gasteiger partial charge in [-0.25, -0.2) is 0 Å². The van der Waals surface area contributed by atoms with Gasteiger partial charge in [-0.05, 0) is 26.3 Å². The van der Waals surface area contributed by atoms with Gasteiger partial charge in [0.1, 0.15) is 0 Å². The molecular weight excluding hydrogens is 184 g/mol. The van der Waals surface area contributed by atoms with E-state index in [1.165, 1.54) is 44.7 Å². The monoisotopic (exact) mass is 206 g/mol. The van der Waals surface area contributed by atoms with Crippen molar-refractivity contribution in [3.8, 4) is 0 Å². The highest BCUT2D eigenvalue weighted by Gasteiger charge is 2.17. The highest BCUT2D eigenvalue weighted by molar-refractivity contribution is 5.21. The van der Waals surface area contributed by atoms with E-state index in [0.29, 0.717) is 0 Å². The van der Waals surface area contributed by atoms with Gasteiger partial charge < -0.3 is 9.80 Å². The molecule has 1 unspecified atom stereocenters. The van der Waals surface area contributed by atoms with E-state index in [-0.39, 0.29) is 0 Å². The van der Waals surface area contributed by atoms with Crippen molar-refractivity contribution in [2.45, 2.75) is 13.3 Å². The summed E-state index contributed by atoms with van der Waals surface area (Å²) in [6, 6.07) is 0. The zero-order valence-corrected chi connectivity index (χ0v) is 9.95. The normalized spacial score (nSPS) is 29.2. The average Bonchev–Trinajstić information content (AvgIpc) is 2.22. The molecule has 0 radical (unpaired) electrons. The van der Waals surface area contributed by atoms with E-state index in [1.54, 1.807) is 0 Å². The van der Waals surface area contributed by atoms with Crippen LogP contribution in [0.4, 0.5) is 0 Å². The molecule has 1 saturated heterocycles. The molecule has 0 aromatic carbocycles. The summed E-state index contributed by atoms with van der Waals surface area (Å²) in [5, 5.41) is 0. The lowest BCUT2D eigenvalue weighted by atomic mass is 9.96. The molecule has 0 spiro atoms. The van der Waals surface area contributed by atoms with E-state index >= 15 is 0 Å². The summed E-state index contributed by atoms with van der Waals surface area (Å²) < 4.78 is 0. The fourth-order valence-electron chi connectivity index (χ4n) is 2.41. The first-order valence-electron chi connectivity index (χ1n) is 6.00. The van der Waals surface area contributed by atoms with Crippen LogP contribution in [0, 0.1) is 5.92 Å². The Hall–Kier alpha value is -0.600. The number of hydrogen-bond acceptors (Lipinski definition) is 2. The van der Waals surface area contributed by atoms with Gasteiger partial charge in [-0.15, -0.1) is 0 Å². The van der Waals surface area contributed by atoms with Gasteiger partial charge in [0.15, 0.2) is 0 Å². The van der Waals surface area contributed by atoms with Crippen molar-refractivity contribution in [3.05, 3.63) is 23.8 Å². The van der Waals surface area contributed by atoms with Crippen molar-refractivity contribution in [1.82, 2.24) is 9.80 Å². The van der Waals surface area contributed by atoms with Crippen LogP contribution in [0.3, 0.4) is 0 Å². The molecular formula is C13H22N2. The molecule has 84 valence electrons. The third-order valence-corrected chi connectivity index (χ3v) is 3.41. The lowest BCUT2D eigenvalue weighted by Crippen LogP contribution is -2.45. The van der Waals surface area contributed by atoms with Crippen molar-refractivity contribution in [2.75, 3.05) is 39.8 Å². The fraction of sp³-hybridized carbons (Fsp3) is 0.692. The largest absolute Gasteiger partial charge is 0.304 e. The van der Waals surface area contributed by atoms with E-state index in [2.05, 4.69) is 42.0 Å². The minimum absolute atomic E-state index is 0.749. The third kappa shape index (κ3) is 3.18. The van der Waals surface area contributed by atoms with Crippen LogP contribution in [0.25, 0.3) is 0 Å². The average molecular weight is 206 g/mol. The Labute approximate surface area is 93.2 Å². The number of piperazine rings is 1. The van der Waals surface area contributed by atoms with Crippen molar-refractivity contribution in [3.63, 3.8) is 0 Å². The van der Waals surface area contributed by atoms with Gasteiger partial charge in [-0.1, -0.05) is 23.8 Å². The van der Waals surface area contributed by atoms with Crippen molar-refractivity contribution < 1.29 is 0 Å². The molecule has 2 rings (SSSR count). The van der Waals surface area contributed by atoms with Crippen LogP contribution in [-0.4, -0.2) is 49.6 Å². The minimum Gasteiger partial charge on any atom is -0.304 e. The van der Waals surface area contributed by atoms with Crippen LogP contribution in [0.2, 0.25) is 0 Å². The highest BCUT2D eigenvalue weighted by atomic mass is 15.2. The molecule has 2 aliphatic rings. The Balaban J connectivity index is 1.80. The number of likely N-dealkylation sites (N-methyl/N-ethyl adjacent to an activating group) is 1. The van der Waals surface area contributed by atoms with Crippen molar-refractivity contribution in [2.24, 2.45) is 5.92 Å². The molecule has 1 aliphatic carbocycles. The third-order valence-electron chi connectivity index (χ3n) is 3.41. The molecule has 15 heavy (non-hydrogen) atoms. The second-order valence-electron chi connectivity index (χ2n) is 4.91. The summed E-state index contributed by atoms with van der Waals surface area (Å²) in [6.07, 6.45) is 8.21. The van der Waals surface area contributed by atoms with Crippen LogP contribution in [-0.2, 0) is 0 Å². The predicted octanol–water partition coefficient (Wildman–Crippen LogP) is 1.76. The number of nitrogens with zero attached hydrogens (tertiary/aromatic N) is 2. The van der Waals surface area contributed by atoms with E-state index in [1.807, 2.05) is 0 Å². The Morgan fingerprint density at radius 1 is 1.27 bits per heavy atom. The molecule has 0 aromatic heterocycles. The molecule has 0 saturated carbocycles. The minimum atomic E-state index is 0.749. The number of rotatable bonds is 2. The Bertz CT molecular complexity index is 260. The summed E-state index contributed by atoms with van der Waals surface area (Å²) in [5.41, 5.74) is 1.43.